The molecular weight excluding hydrogens is 293 g/mol. The van der Waals surface area contributed by atoms with Crippen LogP contribution in [0, 0.1) is 0 Å². The van der Waals surface area contributed by atoms with Crippen LogP contribution >= 0.6 is 27.5 Å². The monoisotopic (exact) mass is 301 g/mol. The molecule has 1 unspecified atom stereocenters. The summed E-state index contributed by atoms with van der Waals surface area (Å²) >= 11 is 9.06. The van der Waals surface area contributed by atoms with Gasteiger partial charge in [0, 0.05) is 13.2 Å². The van der Waals surface area contributed by atoms with Crippen LogP contribution in [0.3, 0.4) is 0 Å². The van der Waals surface area contributed by atoms with Crippen molar-refractivity contribution in [3.63, 3.8) is 0 Å². The summed E-state index contributed by atoms with van der Waals surface area (Å²) in [7, 11) is 1.78. The van der Waals surface area contributed by atoms with Gasteiger partial charge in [-0.15, -0.1) is 5.10 Å². The van der Waals surface area contributed by atoms with Crippen LogP contribution in [0.25, 0.3) is 0 Å². The number of hydrogen-bond donors (Lipinski definition) is 1. The summed E-state index contributed by atoms with van der Waals surface area (Å²) in [5, 5.41) is 8.32. The summed E-state index contributed by atoms with van der Waals surface area (Å²) in [6.45, 7) is 0. The molecule has 0 aromatic carbocycles. The molecule has 0 bridgehead atoms. The Morgan fingerprint density at radius 2 is 2.25 bits per heavy atom. The molecule has 0 aliphatic rings. The Hall–Kier alpha value is -0.980. The maximum atomic E-state index is 6.08. The fourth-order valence-electron chi connectivity index (χ4n) is 1.38. The Balaban J connectivity index is 2.39. The van der Waals surface area contributed by atoms with E-state index in [9.17, 15) is 0 Å². The van der Waals surface area contributed by atoms with E-state index in [1.54, 1.807) is 30.1 Å². The molecule has 0 aliphatic carbocycles. The van der Waals surface area contributed by atoms with Crippen molar-refractivity contribution < 1.29 is 0 Å². The minimum Gasteiger partial charge on any atom is -0.318 e. The fourth-order valence-corrected chi connectivity index (χ4v) is 2.07. The van der Waals surface area contributed by atoms with E-state index < -0.39 is 0 Å². The topological polar surface area (TPSA) is 69.6 Å². The molecule has 5 nitrogen and oxygen atoms in total. The second-order valence-corrected chi connectivity index (χ2v) is 4.46. The highest BCUT2D eigenvalue weighted by atomic mass is 79.9. The van der Waals surface area contributed by atoms with Crippen molar-refractivity contribution in [3.05, 3.63) is 39.3 Å². The predicted molar refractivity (Wildman–Crippen MR) is 64.0 cm³/mol. The molecule has 0 fully saturated rings. The van der Waals surface area contributed by atoms with Gasteiger partial charge in [-0.25, -0.2) is 4.68 Å². The molecule has 0 amide bonds. The molecule has 0 radical (unpaired) electrons. The Kier molecular flexibility index (Phi) is 3.22. The number of aromatic nitrogens is 4. The Morgan fingerprint density at radius 1 is 1.50 bits per heavy atom. The number of aryl methyl sites for hydroxylation is 1. The number of pyridine rings is 1. The summed E-state index contributed by atoms with van der Waals surface area (Å²) < 4.78 is 2.24. The number of nitrogens with two attached hydrogens (primary N) is 1. The first-order valence-electron chi connectivity index (χ1n) is 4.51. The summed E-state index contributed by atoms with van der Waals surface area (Å²) in [6.07, 6.45) is 1.56. The molecule has 2 rings (SSSR count). The van der Waals surface area contributed by atoms with Crippen molar-refractivity contribution in [1.29, 1.82) is 0 Å². The van der Waals surface area contributed by atoms with E-state index in [1.165, 1.54) is 0 Å². The third kappa shape index (κ3) is 2.09. The lowest BCUT2D eigenvalue weighted by molar-refractivity contribution is 0.644. The van der Waals surface area contributed by atoms with Crippen LogP contribution in [0.2, 0.25) is 5.02 Å². The summed E-state index contributed by atoms with van der Waals surface area (Å²) in [6, 6.07) is 3.15. The third-order valence-electron chi connectivity index (χ3n) is 2.19. The molecule has 7 heteroatoms. The molecular formula is C9H9BrClN5. The van der Waals surface area contributed by atoms with Gasteiger partial charge in [0.1, 0.15) is 0 Å². The van der Waals surface area contributed by atoms with Gasteiger partial charge in [-0.2, -0.15) is 0 Å². The van der Waals surface area contributed by atoms with Gasteiger partial charge in [0.25, 0.3) is 0 Å². The molecule has 2 N–H and O–H groups in total. The number of rotatable bonds is 2. The molecule has 2 aromatic rings. The average molecular weight is 303 g/mol. The van der Waals surface area contributed by atoms with Crippen molar-refractivity contribution in [2.24, 2.45) is 12.8 Å². The van der Waals surface area contributed by atoms with Crippen molar-refractivity contribution in [3.8, 4) is 0 Å². The van der Waals surface area contributed by atoms with Gasteiger partial charge < -0.3 is 5.73 Å². The maximum Gasteiger partial charge on any atom is 0.153 e. The van der Waals surface area contributed by atoms with Crippen LogP contribution in [0.4, 0.5) is 0 Å². The smallest absolute Gasteiger partial charge is 0.153 e. The first kappa shape index (κ1) is 11.5. The first-order chi connectivity index (χ1) is 7.59. The van der Waals surface area contributed by atoms with Gasteiger partial charge in [0.2, 0.25) is 0 Å². The number of hydrogen-bond acceptors (Lipinski definition) is 4. The predicted octanol–water partition coefficient (Wildman–Crippen LogP) is 1.67. The number of halogens is 2. The molecule has 2 aromatic heterocycles. The van der Waals surface area contributed by atoms with Crippen LogP contribution in [0.15, 0.2) is 22.9 Å². The summed E-state index contributed by atoms with van der Waals surface area (Å²) in [5.41, 5.74) is 7.57. The van der Waals surface area contributed by atoms with Gasteiger partial charge >= 0.3 is 0 Å². The molecule has 0 spiro atoms. The van der Waals surface area contributed by atoms with Crippen LogP contribution in [0.5, 0.6) is 0 Å². The maximum absolute atomic E-state index is 6.08. The first-order valence-corrected chi connectivity index (χ1v) is 5.69. The lowest BCUT2D eigenvalue weighted by Gasteiger charge is -2.11. The molecule has 0 aliphatic heterocycles. The van der Waals surface area contributed by atoms with Gasteiger partial charge in [-0.1, -0.05) is 16.8 Å². The van der Waals surface area contributed by atoms with Crippen LogP contribution in [-0.2, 0) is 7.05 Å². The largest absolute Gasteiger partial charge is 0.318 e. The van der Waals surface area contributed by atoms with E-state index in [4.69, 9.17) is 17.3 Å². The SMILES string of the molecule is Cn1nnc(Br)c1C(N)c1ccc(Cl)cn1. The van der Waals surface area contributed by atoms with Gasteiger partial charge in [-0.05, 0) is 28.1 Å². The van der Waals surface area contributed by atoms with Crippen LogP contribution in [0.1, 0.15) is 17.4 Å². The number of nitrogens with zero attached hydrogens (tertiary/aromatic N) is 4. The minimum atomic E-state index is -0.383. The lowest BCUT2D eigenvalue weighted by atomic mass is 10.1. The van der Waals surface area contributed by atoms with Gasteiger partial charge in [0.05, 0.1) is 22.5 Å². The lowest BCUT2D eigenvalue weighted by Crippen LogP contribution is -2.17. The zero-order valence-corrected chi connectivity index (χ0v) is 10.8. The van der Waals surface area contributed by atoms with Crippen molar-refractivity contribution in [1.82, 2.24) is 20.0 Å². The average Bonchev–Trinajstić information content (AvgIpc) is 2.59. The summed E-state index contributed by atoms with van der Waals surface area (Å²) in [5.74, 6) is 0. The van der Waals surface area contributed by atoms with Crippen molar-refractivity contribution >= 4 is 27.5 Å². The Morgan fingerprint density at radius 3 is 2.75 bits per heavy atom. The highest BCUT2D eigenvalue weighted by Gasteiger charge is 2.18. The highest BCUT2D eigenvalue weighted by Crippen LogP contribution is 2.23. The van der Waals surface area contributed by atoms with Crippen molar-refractivity contribution in [2.75, 3.05) is 0 Å². The molecule has 2 heterocycles. The standard InChI is InChI=1S/C9H9BrClN5/c1-16-8(9(10)14-15-16)7(12)6-3-2-5(11)4-13-6/h2-4,7H,12H2,1H3. The zero-order valence-electron chi connectivity index (χ0n) is 8.43. The third-order valence-corrected chi connectivity index (χ3v) is 2.98. The van der Waals surface area contributed by atoms with E-state index in [2.05, 4.69) is 31.2 Å². The Labute approximate surface area is 106 Å². The quantitative estimate of drug-likeness (QED) is 0.916. The van der Waals surface area contributed by atoms with E-state index in [0.717, 1.165) is 11.4 Å². The van der Waals surface area contributed by atoms with E-state index in [0.29, 0.717) is 9.63 Å². The van der Waals surface area contributed by atoms with E-state index in [-0.39, 0.29) is 6.04 Å². The van der Waals surface area contributed by atoms with Crippen LogP contribution < -0.4 is 5.73 Å². The van der Waals surface area contributed by atoms with E-state index in [1.807, 2.05) is 0 Å². The molecule has 0 saturated carbocycles. The fraction of sp³-hybridized carbons (Fsp3) is 0.222. The molecule has 84 valence electrons. The zero-order chi connectivity index (χ0) is 11.7. The van der Waals surface area contributed by atoms with Gasteiger partial charge in [-0.3, -0.25) is 4.98 Å². The Bertz CT molecular complexity index is 476. The minimum absolute atomic E-state index is 0.383. The van der Waals surface area contributed by atoms with E-state index >= 15 is 0 Å². The molecule has 0 saturated heterocycles. The highest BCUT2D eigenvalue weighted by molar-refractivity contribution is 9.10. The summed E-state index contributed by atoms with van der Waals surface area (Å²) in [4.78, 5) is 4.17. The molecule has 16 heavy (non-hydrogen) atoms. The van der Waals surface area contributed by atoms with Gasteiger partial charge in [0.15, 0.2) is 4.60 Å². The van der Waals surface area contributed by atoms with Crippen LogP contribution in [-0.4, -0.2) is 20.0 Å². The second-order valence-electron chi connectivity index (χ2n) is 3.27. The van der Waals surface area contributed by atoms with Crippen molar-refractivity contribution in [2.45, 2.75) is 6.04 Å². The normalized spacial score (nSPS) is 12.8. The second kappa shape index (κ2) is 4.48. The molecule has 1 atom stereocenters.